The number of rotatable bonds is 2. The Hall–Kier alpha value is -1.35. The minimum Gasteiger partial charge on any atom is -0.325 e. The van der Waals surface area contributed by atoms with Crippen molar-refractivity contribution in [1.29, 1.82) is 0 Å². The Bertz CT molecular complexity index is 336. The van der Waals surface area contributed by atoms with E-state index in [2.05, 4.69) is 26.1 Å². The summed E-state index contributed by atoms with van der Waals surface area (Å²) in [6, 6.07) is 7.83. The van der Waals surface area contributed by atoms with Gasteiger partial charge in [0.2, 0.25) is 5.91 Å². The zero-order valence-electron chi connectivity index (χ0n) is 9.50. The smallest absolute Gasteiger partial charge is 0.238 e. The normalized spacial score (nSPS) is 11.2. The highest BCUT2D eigenvalue weighted by Crippen LogP contribution is 2.23. The zero-order chi connectivity index (χ0) is 11.5. The second kappa shape index (κ2) is 4.45. The zero-order valence-corrected chi connectivity index (χ0v) is 9.50. The fourth-order valence-corrected chi connectivity index (χ4v) is 1.27. The van der Waals surface area contributed by atoms with Crippen LogP contribution in [0.3, 0.4) is 0 Å². The molecule has 82 valence electrons. The molecule has 1 aromatic rings. The predicted molar refractivity (Wildman–Crippen MR) is 62.8 cm³/mol. The fraction of sp³-hybridized carbons (Fsp3) is 0.417. The van der Waals surface area contributed by atoms with E-state index in [4.69, 9.17) is 5.73 Å². The third-order valence-electron chi connectivity index (χ3n) is 2.22. The molecule has 0 bridgehead atoms. The van der Waals surface area contributed by atoms with E-state index in [0.29, 0.717) is 0 Å². The van der Waals surface area contributed by atoms with Crippen LogP contribution in [0, 0.1) is 0 Å². The molecule has 0 heterocycles. The summed E-state index contributed by atoms with van der Waals surface area (Å²) in [5.41, 5.74) is 7.38. The van der Waals surface area contributed by atoms with Gasteiger partial charge >= 0.3 is 0 Å². The van der Waals surface area contributed by atoms with Gasteiger partial charge in [0.15, 0.2) is 0 Å². The van der Waals surface area contributed by atoms with Crippen LogP contribution in [0.25, 0.3) is 0 Å². The minimum atomic E-state index is -0.168. The molecule has 3 heteroatoms. The molecular weight excluding hydrogens is 188 g/mol. The summed E-state index contributed by atoms with van der Waals surface area (Å²) >= 11 is 0. The number of amides is 1. The molecule has 0 saturated carbocycles. The molecule has 1 amide bonds. The van der Waals surface area contributed by atoms with Crippen molar-refractivity contribution in [2.75, 3.05) is 11.9 Å². The lowest BCUT2D eigenvalue weighted by atomic mass is 9.87. The van der Waals surface area contributed by atoms with Gasteiger partial charge in [-0.3, -0.25) is 4.79 Å². The topological polar surface area (TPSA) is 55.1 Å². The maximum atomic E-state index is 11.0. The summed E-state index contributed by atoms with van der Waals surface area (Å²) < 4.78 is 0. The number of benzene rings is 1. The van der Waals surface area contributed by atoms with Gasteiger partial charge in [-0.2, -0.15) is 0 Å². The molecule has 0 fully saturated rings. The molecule has 0 aliphatic carbocycles. The molecule has 0 aromatic heterocycles. The van der Waals surface area contributed by atoms with Crippen LogP contribution in [0.4, 0.5) is 5.69 Å². The van der Waals surface area contributed by atoms with Crippen LogP contribution in [-0.2, 0) is 10.2 Å². The van der Waals surface area contributed by atoms with E-state index < -0.39 is 0 Å². The Labute approximate surface area is 90.7 Å². The molecule has 3 N–H and O–H groups in total. The van der Waals surface area contributed by atoms with Gasteiger partial charge in [-0.1, -0.05) is 32.9 Å². The second-order valence-electron chi connectivity index (χ2n) is 4.58. The first-order valence-electron chi connectivity index (χ1n) is 5.04. The Kier molecular flexibility index (Phi) is 3.48. The van der Waals surface area contributed by atoms with Crippen molar-refractivity contribution >= 4 is 11.6 Å². The number of carbonyl (C=O) groups is 1. The Morgan fingerprint density at radius 3 is 2.20 bits per heavy atom. The number of anilines is 1. The summed E-state index contributed by atoms with van der Waals surface area (Å²) in [6.07, 6.45) is 0. The third kappa shape index (κ3) is 3.36. The number of hydrogen-bond donors (Lipinski definition) is 2. The molecule has 0 unspecified atom stereocenters. The summed E-state index contributed by atoms with van der Waals surface area (Å²) in [6.45, 7) is 6.47. The molecule has 0 saturated heterocycles. The molecule has 1 aromatic carbocycles. The monoisotopic (exact) mass is 206 g/mol. The standard InChI is InChI=1S/C12H18N2O/c1-12(2,3)9-4-6-10(7-5-9)14-11(15)8-13/h4-7H,8,13H2,1-3H3,(H,14,15). The van der Waals surface area contributed by atoms with Crippen LogP contribution in [-0.4, -0.2) is 12.5 Å². The Morgan fingerprint density at radius 2 is 1.80 bits per heavy atom. The first kappa shape index (κ1) is 11.7. The Balaban J connectivity index is 2.77. The lowest BCUT2D eigenvalue weighted by molar-refractivity contribution is -0.114. The average Bonchev–Trinajstić information content (AvgIpc) is 2.17. The minimum absolute atomic E-state index is 0.0149. The van der Waals surface area contributed by atoms with Crippen molar-refractivity contribution in [2.45, 2.75) is 26.2 Å². The first-order chi connectivity index (χ1) is 6.93. The second-order valence-corrected chi connectivity index (χ2v) is 4.58. The van der Waals surface area contributed by atoms with E-state index in [0.717, 1.165) is 5.69 Å². The summed E-state index contributed by atoms with van der Waals surface area (Å²) in [4.78, 5) is 11.0. The molecule has 0 aliphatic heterocycles. The summed E-state index contributed by atoms with van der Waals surface area (Å²) in [5, 5.41) is 2.71. The first-order valence-corrected chi connectivity index (χ1v) is 5.04. The quantitative estimate of drug-likeness (QED) is 0.776. The van der Waals surface area contributed by atoms with Crippen molar-refractivity contribution in [3.05, 3.63) is 29.8 Å². The van der Waals surface area contributed by atoms with Gasteiger partial charge in [-0.25, -0.2) is 0 Å². The van der Waals surface area contributed by atoms with Crippen LogP contribution in [0.2, 0.25) is 0 Å². The number of nitrogens with one attached hydrogen (secondary N) is 1. The molecule has 0 aliphatic rings. The van der Waals surface area contributed by atoms with Gasteiger partial charge in [0, 0.05) is 5.69 Å². The van der Waals surface area contributed by atoms with Crippen LogP contribution in [0.1, 0.15) is 26.3 Å². The number of hydrogen-bond acceptors (Lipinski definition) is 2. The highest BCUT2D eigenvalue weighted by Gasteiger charge is 2.12. The van der Waals surface area contributed by atoms with Gasteiger partial charge in [0.05, 0.1) is 6.54 Å². The highest BCUT2D eigenvalue weighted by atomic mass is 16.1. The molecule has 15 heavy (non-hydrogen) atoms. The average molecular weight is 206 g/mol. The highest BCUT2D eigenvalue weighted by molar-refractivity contribution is 5.92. The summed E-state index contributed by atoms with van der Waals surface area (Å²) in [5.74, 6) is -0.168. The van der Waals surface area contributed by atoms with Crippen molar-refractivity contribution < 1.29 is 4.79 Å². The van der Waals surface area contributed by atoms with E-state index >= 15 is 0 Å². The van der Waals surface area contributed by atoms with E-state index in [-0.39, 0.29) is 17.9 Å². The van der Waals surface area contributed by atoms with Crippen LogP contribution >= 0.6 is 0 Å². The Morgan fingerprint density at radius 1 is 1.27 bits per heavy atom. The maximum absolute atomic E-state index is 11.0. The number of nitrogens with two attached hydrogens (primary N) is 1. The van der Waals surface area contributed by atoms with Crippen LogP contribution < -0.4 is 11.1 Å². The predicted octanol–water partition coefficient (Wildman–Crippen LogP) is 1.88. The third-order valence-corrected chi connectivity index (χ3v) is 2.22. The molecule has 1 rings (SSSR count). The largest absolute Gasteiger partial charge is 0.325 e. The van der Waals surface area contributed by atoms with Crippen LogP contribution in [0.15, 0.2) is 24.3 Å². The maximum Gasteiger partial charge on any atom is 0.238 e. The molecule has 0 atom stereocenters. The lowest BCUT2D eigenvalue weighted by Gasteiger charge is -2.19. The van der Waals surface area contributed by atoms with Gasteiger partial charge in [0.1, 0.15) is 0 Å². The molecule has 0 spiro atoms. The number of carbonyl (C=O) groups excluding carboxylic acids is 1. The summed E-state index contributed by atoms with van der Waals surface area (Å²) in [7, 11) is 0. The van der Waals surface area contributed by atoms with Gasteiger partial charge in [-0.15, -0.1) is 0 Å². The van der Waals surface area contributed by atoms with Crippen molar-refractivity contribution in [2.24, 2.45) is 5.73 Å². The van der Waals surface area contributed by atoms with E-state index in [1.807, 2.05) is 24.3 Å². The van der Waals surface area contributed by atoms with Crippen LogP contribution in [0.5, 0.6) is 0 Å². The molecular formula is C12H18N2O. The molecule has 3 nitrogen and oxygen atoms in total. The molecule has 0 radical (unpaired) electrons. The van der Waals surface area contributed by atoms with Gasteiger partial charge in [-0.05, 0) is 23.1 Å². The SMILES string of the molecule is CC(C)(C)c1ccc(NC(=O)CN)cc1. The van der Waals surface area contributed by atoms with E-state index in [1.165, 1.54) is 5.56 Å². The van der Waals surface area contributed by atoms with E-state index in [1.54, 1.807) is 0 Å². The van der Waals surface area contributed by atoms with Crippen molar-refractivity contribution in [1.82, 2.24) is 0 Å². The van der Waals surface area contributed by atoms with Gasteiger partial charge in [0.25, 0.3) is 0 Å². The fourth-order valence-electron chi connectivity index (χ4n) is 1.27. The lowest BCUT2D eigenvalue weighted by Crippen LogP contribution is -2.21. The van der Waals surface area contributed by atoms with Crippen molar-refractivity contribution in [3.63, 3.8) is 0 Å². The van der Waals surface area contributed by atoms with Crippen molar-refractivity contribution in [3.8, 4) is 0 Å². The van der Waals surface area contributed by atoms with Gasteiger partial charge < -0.3 is 11.1 Å². The van der Waals surface area contributed by atoms with E-state index in [9.17, 15) is 4.79 Å².